The van der Waals surface area contributed by atoms with Gasteiger partial charge >= 0.3 is 6.18 Å². The van der Waals surface area contributed by atoms with Gasteiger partial charge in [0.05, 0.1) is 26.8 Å². The molecule has 0 saturated carbocycles. The van der Waals surface area contributed by atoms with Gasteiger partial charge in [-0.15, -0.1) is 0 Å². The van der Waals surface area contributed by atoms with Gasteiger partial charge < -0.3 is 0 Å². The topological polar surface area (TPSA) is 75.3 Å². The molecule has 1 unspecified atom stereocenters. The van der Waals surface area contributed by atoms with Crippen molar-refractivity contribution in [1.29, 1.82) is 0 Å². The molecule has 0 aliphatic carbocycles. The quantitative estimate of drug-likeness (QED) is 0.535. The molecule has 0 aliphatic heterocycles. The lowest BCUT2D eigenvalue weighted by Gasteiger charge is -2.40. The number of nitrogens with one attached hydrogen (secondary N) is 2. The van der Waals surface area contributed by atoms with Gasteiger partial charge in [0.2, 0.25) is 10.0 Å². The summed E-state index contributed by atoms with van der Waals surface area (Å²) in [6.07, 6.45) is -4.66. The molecule has 2 N–H and O–H groups in total. The second kappa shape index (κ2) is 9.40. The first-order valence-electron chi connectivity index (χ1n) is 9.68. The Morgan fingerprint density at radius 1 is 0.939 bits per heavy atom. The van der Waals surface area contributed by atoms with Crippen LogP contribution in [0.25, 0.3) is 0 Å². The van der Waals surface area contributed by atoms with Crippen molar-refractivity contribution in [2.24, 2.45) is 0 Å². The summed E-state index contributed by atoms with van der Waals surface area (Å²) in [5.41, 5.74) is -3.45. The Kier molecular flexibility index (Phi) is 7.79. The van der Waals surface area contributed by atoms with Crippen molar-refractivity contribution in [1.82, 2.24) is 9.44 Å². The van der Waals surface area contributed by atoms with Crippen LogP contribution in [-0.2, 0) is 32.7 Å². The van der Waals surface area contributed by atoms with Crippen LogP contribution in [0, 0.1) is 11.6 Å². The summed E-state index contributed by atoms with van der Waals surface area (Å²) < 4.78 is 111. The molecule has 2 aromatic carbocycles. The summed E-state index contributed by atoms with van der Waals surface area (Å²) in [7, 11) is -5.24. The summed E-state index contributed by atoms with van der Waals surface area (Å²) in [5.74, 6) is -2.03. The lowest BCUT2D eigenvalue weighted by Crippen LogP contribution is -2.53. The van der Waals surface area contributed by atoms with E-state index in [0.717, 1.165) is 31.3 Å². The highest BCUT2D eigenvalue weighted by molar-refractivity contribution is 7.90. The van der Waals surface area contributed by atoms with Gasteiger partial charge in [-0.05, 0) is 58.5 Å². The standard InChI is InChI=1S/C21H25F5N2O3S2/c1-19(2,3)32(29)28-20(4,16-11-10-15(22)12-17(16)23)18(33(30,31)27-5)13-6-8-14(9-7-13)21(24,25)26/h6-12,18,27-28H,1-5H3/t18?,20-,32-/m1/s1. The lowest BCUT2D eigenvalue weighted by molar-refractivity contribution is -0.137. The maximum Gasteiger partial charge on any atom is 0.416 e. The van der Waals surface area contributed by atoms with Crippen molar-refractivity contribution in [2.45, 2.75) is 49.4 Å². The molecule has 3 atom stereocenters. The lowest BCUT2D eigenvalue weighted by atomic mass is 9.85. The van der Waals surface area contributed by atoms with Gasteiger partial charge in [0, 0.05) is 11.6 Å². The summed E-state index contributed by atoms with van der Waals surface area (Å²) in [4.78, 5) is 0. The molecule has 12 heteroatoms. The smallest absolute Gasteiger partial charge is 0.242 e. The molecule has 0 amide bonds. The van der Waals surface area contributed by atoms with Crippen LogP contribution < -0.4 is 9.44 Å². The minimum absolute atomic E-state index is 0.123. The van der Waals surface area contributed by atoms with Crippen LogP contribution in [0.4, 0.5) is 22.0 Å². The predicted molar refractivity (Wildman–Crippen MR) is 117 cm³/mol. The first-order chi connectivity index (χ1) is 14.9. The monoisotopic (exact) mass is 512 g/mol. The van der Waals surface area contributed by atoms with E-state index in [1.54, 1.807) is 20.8 Å². The average molecular weight is 513 g/mol. The van der Waals surface area contributed by atoms with E-state index in [0.29, 0.717) is 18.2 Å². The molecular formula is C21H25F5N2O3S2. The van der Waals surface area contributed by atoms with Gasteiger partial charge in [0.25, 0.3) is 0 Å². The minimum Gasteiger partial charge on any atom is -0.242 e. The van der Waals surface area contributed by atoms with Crippen molar-refractivity contribution >= 4 is 21.0 Å². The van der Waals surface area contributed by atoms with E-state index in [4.69, 9.17) is 0 Å². The van der Waals surface area contributed by atoms with Crippen LogP contribution >= 0.6 is 0 Å². The highest BCUT2D eigenvalue weighted by Crippen LogP contribution is 2.43. The molecule has 2 rings (SSSR count). The van der Waals surface area contributed by atoms with Gasteiger partial charge in [0.15, 0.2) is 0 Å². The molecule has 0 bridgehead atoms. The van der Waals surface area contributed by atoms with Crippen LogP contribution in [-0.4, -0.2) is 24.4 Å². The number of sulfonamides is 1. The molecule has 5 nitrogen and oxygen atoms in total. The fraction of sp³-hybridized carbons (Fsp3) is 0.429. The third-order valence-corrected chi connectivity index (χ3v) is 8.67. The molecule has 0 heterocycles. The van der Waals surface area contributed by atoms with Crippen molar-refractivity contribution in [3.05, 3.63) is 70.8 Å². The Balaban J connectivity index is 2.85. The van der Waals surface area contributed by atoms with Gasteiger partial charge in [-0.25, -0.2) is 30.9 Å². The number of hydrogen-bond donors (Lipinski definition) is 2. The minimum atomic E-state index is -4.66. The number of benzene rings is 2. The summed E-state index contributed by atoms with van der Waals surface area (Å²) >= 11 is 0. The zero-order chi connectivity index (χ0) is 25.4. The van der Waals surface area contributed by atoms with Gasteiger partial charge in [-0.2, -0.15) is 13.2 Å². The normalized spacial score (nSPS) is 16.8. The van der Waals surface area contributed by atoms with E-state index >= 15 is 0 Å². The van der Waals surface area contributed by atoms with Crippen LogP contribution in [0.5, 0.6) is 0 Å². The molecule has 2 aromatic rings. The summed E-state index contributed by atoms with van der Waals surface area (Å²) in [6.45, 7) is 6.04. The van der Waals surface area contributed by atoms with Crippen molar-refractivity contribution < 1.29 is 34.6 Å². The summed E-state index contributed by atoms with van der Waals surface area (Å²) in [5, 5.41) is -1.75. The molecule has 0 fully saturated rings. The van der Waals surface area contributed by atoms with Crippen LogP contribution in [0.1, 0.15) is 49.6 Å². The molecule has 0 aliphatic rings. The van der Waals surface area contributed by atoms with E-state index in [2.05, 4.69) is 9.44 Å². The van der Waals surface area contributed by atoms with Gasteiger partial charge in [-0.1, -0.05) is 18.2 Å². The van der Waals surface area contributed by atoms with E-state index in [1.807, 2.05) is 0 Å². The second-order valence-corrected chi connectivity index (χ2v) is 12.5. The maximum atomic E-state index is 14.9. The molecule has 184 valence electrons. The fourth-order valence-electron chi connectivity index (χ4n) is 3.29. The molecule has 0 radical (unpaired) electrons. The van der Waals surface area contributed by atoms with Crippen LogP contribution in [0.15, 0.2) is 42.5 Å². The van der Waals surface area contributed by atoms with Crippen molar-refractivity contribution in [3.8, 4) is 0 Å². The Hall–Kier alpha value is -1.89. The second-order valence-electron chi connectivity index (χ2n) is 8.56. The van der Waals surface area contributed by atoms with Crippen molar-refractivity contribution in [2.75, 3.05) is 7.05 Å². The average Bonchev–Trinajstić information content (AvgIpc) is 2.66. The zero-order valence-corrected chi connectivity index (χ0v) is 20.2. The molecule has 0 aromatic heterocycles. The Morgan fingerprint density at radius 3 is 1.91 bits per heavy atom. The molecular weight excluding hydrogens is 487 g/mol. The highest BCUT2D eigenvalue weighted by Gasteiger charge is 2.48. The summed E-state index contributed by atoms with van der Waals surface area (Å²) in [6, 6.07) is 5.80. The van der Waals surface area contributed by atoms with Crippen molar-refractivity contribution in [3.63, 3.8) is 0 Å². The van der Waals surface area contributed by atoms with Crippen LogP contribution in [0.3, 0.4) is 0 Å². The Bertz CT molecular complexity index is 1130. The fourth-order valence-corrected chi connectivity index (χ4v) is 5.84. The van der Waals surface area contributed by atoms with E-state index in [1.165, 1.54) is 6.92 Å². The van der Waals surface area contributed by atoms with Crippen LogP contribution in [0.2, 0.25) is 0 Å². The largest absolute Gasteiger partial charge is 0.416 e. The molecule has 0 spiro atoms. The van der Waals surface area contributed by atoms with E-state index in [-0.39, 0.29) is 11.1 Å². The third kappa shape index (κ3) is 5.97. The van der Waals surface area contributed by atoms with Gasteiger partial charge in [0.1, 0.15) is 16.9 Å². The first kappa shape index (κ1) is 27.4. The van der Waals surface area contributed by atoms with E-state index < -0.39 is 59.9 Å². The maximum absolute atomic E-state index is 14.9. The predicted octanol–water partition coefficient (Wildman–Crippen LogP) is 4.54. The number of hydrogen-bond acceptors (Lipinski definition) is 3. The number of rotatable bonds is 7. The number of halogens is 5. The Morgan fingerprint density at radius 2 is 1.48 bits per heavy atom. The third-order valence-electron chi connectivity index (χ3n) is 5.01. The first-order valence-corrected chi connectivity index (χ1v) is 12.4. The zero-order valence-electron chi connectivity index (χ0n) is 18.5. The van der Waals surface area contributed by atoms with Gasteiger partial charge in [-0.3, -0.25) is 0 Å². The highest BCUT2D eigenvalue weighted by atomic mass is 32.2. The van der Waals surface area contributed by atoms with E-state index in [9.17, 15) is 34.6 Å². The Labute approximate surface area is 192 Å². The number of alkyl halides is 3. The molecule has 0 saturated heterocycles. The molecule has 33 heavy (non-hydrogen) atoms. The SMILES string of the molecule is CNS(=O)(=O)C(c1ccc(C(F)(F)F)cc1)[C@](C)(N[S@](=O)C(C)(C)C)c1ccc(F)cc1F.